The van der Waals surface area contributed by atoms with Gasteiger partial charge in [-0.25, -0.2) is 19.9 Å². The van der Waals surface area contributed by atoms with Crippen LogP contribution in [0.4, 0.5) is 17.2 Å². The highest BCUT2D eigenvalue weighted by Crippen LogP contribution is 2.37. The fourth-order valence-electron chi connectivity index (χ4n) is 7.52. The SMILES string of the molecule is CC(C)c1cc(N)nc(Cl)c1Cl.CC(C)c1cc2c(cc1Cl)NCCO2.CC(C)c1ccc(N)c(C=N)c1.CC(C)c1cccc(Cl)c1Cl.CC(C)c1ccnc(Cl)c1Cl.Cc1c(C(C)C)cc2cncnc2c1C. The van der Waals surface area contributed by atoms with E-state index in [1.165, 1.54) is 28.5 Å². The number of anilines is 3. The Morgan fingerprint density at radius 2 is 1.20 bits per heavy atom. The summed E-state index contributed by atoms with van der Waals surface area (Å²) < 4.78 is 5.55. The molecule has 8 rings (SSSR count). The van der Waals surface area contributed by atoms with Crippen LogP contribution in [0.15, 0.2) is 85.5 Å². The third kappa shape index (κ3) is 19.1. The maximum Gasteiger partial charge on any atom is 0.150 e. The Kier molecular flexibility index (Phi) is 26.7. The second kappa shape index (κ2) is 31.0. The molecule has 75 heavy (non-hydrogen) atoms. The summed E-state index contributed by atoms with van der Waals surface area (Å²) in [6.07, 6.45) is 6.47. The quantitative estimate of drug-likeness (QED) is 0.0700. The molecule has 4 aromatic carbocycles. The van der Waals surface area contributed by atoms with Gasteiger partial charge in [-0.15, -0.1) is 0 Å². The monoisotopic (exact) mass is 1150 g/mol. The molecule has 16 heteroatoms. The average Bonchev–Trinajstić information content (AvgIpc) is 3.36. The first-order chi connectivity index (χ1) is 35.2. The lowest BCUT2D eigenvalue weighted by atomic mass is 9.93. The van der Waals surface area contributed by atoms with Gasteiger partial charge in [0, 0.05) is 46.8 Å². The molecule has 4 heterocycles. The number of ether oxygens (including phenoxy) is 1. The Morgan fingerprint density at radius 3 is 1.76 bits per heavy atom. The number of halogens is 7. The largest absolute Gasteiger partial charge is 0.490 e. The number of hydrogen-bond donors (Lipinski definition) is 4. The summed E-state index contributed by atoms with van der Waals surface area (Å²) in [6, 6.07) is 21.4. The molecule has 9 nitrogen and oxygen atoms in total. The number of nitrogens with zero attached hydrogens (tertiary/aromatic N) is 4. The van der Waals surface area contributed by atoms with Crippen molar-refractivity contribution in [3.05, 3.63) is 171 Å². The van der Waals surface area contributed by atoms with Crippen LogP contribution >= 0.6 is 81.2 Å². The van der Waals surface area contributed by atoms with Gasteiger partial charge in [0.2, 0.25) is 0 Å². The number of rotatable bonds is 7. The highest BCUT2D eigenvalue weighted by atomic mass is 35.5. The maximum atomic E-state index is 7.12. The van der Waals surface area contributed by atoms with Crippen molar-refractivity contribution >= 4 is 116 Å². The number of nitrogen functional groups attached to an aromatic ring is 2. The molecule has 0 unspecified atom stereocenters. The van der Waals surface area contributed by atoms with Crippen molar-refractivity contribution in [1.82, 2.24) is 19.9 Å². The van der Waals surface area contributed by atoms with Gasteiger partial charge in [-0.2, -0.15) is 0 Å². The molecule has 0 atom stereocenters. The normalized spacial score (nSPS) is 11.5. The number of pyridine rings is 2. The second-order valence-corrected chi connectivity index (χ2v) is 22.3. The molecule has 0 saturated heterocycles. The highest BCUT2D eigenvalue weighted by molar-refractivity contribution is 6.43. The van der Waals surface area contributed by atoms with Gasteiger partial charge in [0.1, 0.15) is 34.8 Å². The Hall–Kier alpha value is -4.58. The zero-order chi connectivity index (χ0) is 56.4. The van der Waals surface area contributed by atoms with E-state index in [4.69, 9.17) is 103 Å². The summed E-state index contributed by atoms with van der Waals surface area (Å²) in [5.74, 6) is 3.93. The smallest absolute Gasteiger partial charge is 0.150 e. The van der Waals surface area contributed by atoms with Crippen molar-refractivity contribution in [3.63, 3.8) is 0 Å². The van der Waals surface area contributed by atoms with Crippen LogP contribution in [0.25, 0.3) is 10.9 Å². The number of nitrogens with two attached hydrogens (primary N) is 2. The lowest BCUT2D eigenvalue weighted by Gasteiger charge is -2.21. The third-order valence-corrected chi connectivity index (χ3v) is 14.8. The van der Waals surface area contributed by atoms with Gasteiger partial charge in [-0.1, -0.05) is 182 Å². The van der Waals surface area contributed by atoms with Crippen LogP contribution in [0, 0.1) is 19.3 Å². The number of hydrogen-bond acceptors (Lipinski definition) is 9. The number of aromatic nitrogens is 4. The summed E-state index contributed by atoms with van der Waals surface area (Å²) >= 11 is 41.2. The topological polar surface area (TPSA) is 149 Å². The standard InChI is InChI=1S/C13H16N2.C11H14ClNO.C10H14N2.C9H10Cl2.C8H10Cl2N2.C8H9Cl2N/c1-8(2)12-5-11-6-14-7-15-13(11)10(4)9(12)3;1-7(2)8-5-11-10(6-9(8)12)13-3-4-14-11;1-7(2)8-3-4-10(12)9(5-8)6-11;1-6(2)7-4-3-5-8(10)9(7)11;1-4(2)5-3-6(11)12-8(10)7(5)9;1-5(2)6-3-4-11-8(10)7(6)9/h5-8H,1-4H3;5-7,13H,3-4H2,1-2H3;3-7,11H,12H2,1-2H3;3-6H,1-2H3;3-4H,1-2H3,(H2,11,12);3-5H,1-2H3. The van der Waals surface area contributed by atoms with E-state index in [-0.39, 0.29) is 5.15 Å². The molecule has 0 amide bonds. The van der Waals surface area contributed by atoms with Crippen LogP contribution in [0.1, 0.15) is 169 Å². The van der Waals surface area contributed by atoms with E-state index in [1.807, 2.05) is 68.6 Å². The molecule has 6 N–H and O–H groups in total. The Bertz CT molecular complexity index is 2920. The highest BCUT2D eigenvalue weighted by Gasteiger charge is 2.16. The van der Waals surface area contributed by atoms with E-state index in [9.17, 15) is 0 Å². The number of aryl methyl sites for hydroxylation is 1. The number of nitrogens with one attached hydrogen (secondary N) is 2. The van der Waals surface area contributed by atoms with Crippen LogP contribution in [0.3, 0.4) is 0 Å². The van der Waals surface area contributed by atoms with Gasteiger partial charge < -0.3 is 26.9 Å². The zero-order valence-electron chi connectivity index (χ0n) is 45.5. The molecule has 0 saturated carbocycles. The van der Waals surface area contributed by atoms with Crippen molar-refractivity contribution in [2.75, 3.05) is 29.9 Å². The fraction of sp³-hybridized carbons (Fsp3) is 0.373. The van der Waals surface area contributed by atoms with Crippen molar-refractivity contribution in [2.24, 2.45) is 0 Å². The van der Waals surface area contributed by atoms with Crippen LogP contribution < -0.4 is 21.5 Å². The number of fused-ring (bicyclic) bond motifs is 2. The summed E-state index contributed by atoms with van der Waals surface area (Å²) in [6.45, 7) is 31.2. The van der Waals surface area contributed by atoms with E-state index in [1.54, 1.807) is 24.7 Å². The minimum atomic E-state index is 0.278. The molecule has 3 aromatic heterocycles. The molecule has 0 aliphatic carbocycles. The van der Waals surface area contributed by atoms with E-state index in [0.29, 0.717) is 72.3 Å². The van der Waals surface area contributed by atoms with Crippen molar-refractivity contribution in [1.29, 1.82) is 5.41 Å². The Morgan fingerprint density at radius 1 is 0.600 bits per heavy atom. The Labute approximate surface area is 481 Å². The van der Waals surface area contributed by atoms with Gasteiger partial charge >= 0.3 is 0 Å². The molecule has 7 aromatic rings. The molecule has 0 radical (unpaired) electrons. The van der Waals surface area contributed by atoms with Crippen molar-refractivity contribution in [3.8, 4) is 5.75 Å². The van der Waals surface area contributed by atoms with E-state index in [2.05, 4.69) is 114 Å². The van der Waals surface area contributed by atoms with Gasteiger partial charge in [0.15, 0.2) is 0 Å². The van der Waals surface area contributed by atoms with Crippen LogP contribution in [0.2, 0.25) is 35.4 Å². The van der Waals surface area contributed by atoms with E-state index in [0.717, 1.165) is 68.3 Å². The van der Waals surface area contributed by atoms with Gasteiger partial charge in [-0.3, -0.25) is 0 Å². The molecule has 1 aliphatic rings. The predicted octanol–water partition coefficient (Wildman–Crippen LogP) is 19.8. The Balaban J connectivity index is 0.000000238. The fourth-order valence-corrected chi connectivity index (χ4v) is 9.45. The molecule has 404 valence electrons. The average molecular weight is 1160 g/mol. The molecular weight excluding hydrogens is 1080 g/mol. The number of benzene rings is 4. The molecular formula is C59H73Cl7N8O. The van der Waals surface area contributed by atoms with E-state index >= 15 is 0 Å². The summed E-state index contributed by atoms with van der Waals surface area (Å²) in [5, 5.41) is 15.4. The molecule has 0 spiro atoms. The zero-order valence-corrected chi connectivity index (χ0v) is 50.8. The maximum absolute atomic E-state index is 7.12. The predicted molar refractivity (Wildman–Crippen MR) is 327 cm³/mol. The summed E-state index contributed by atoms with van der Waals surface area (Å²) in [4.78, 5) is 16.1. The molecule has 1 aliphatic heterocycles. The molecule has 0 fully saturated rings. The van der Waals surface area contributed by atoms with Crippen LogP contribution in [-0.4, -0.2) is 39.3 Å². The first kappa shape index (κ1) is 64.7. The van der Waals surface area contributed by atoms with Gasteiger partial charge in [-0.05, 0) is 142 Å². The lowest BCUT2D eigenvalue weighted by Crippen LogP contribution is -2.18. The van der Waals surface area contributed by atoms with Crippen LogP contribution in [0.5, 0.6) is 5.75 Å². The van der Waals surface area contributed by atoms with Gasteiger partial charge in [0.05, 0.1) is 31.3 Å². The summed E-state index contributed by atoms with van der Waals surface area (Å²) in [7, 11) is 0. The minimum Gasteiger partial charge on any atom is -0.490 e. The first-order valence-corrected chi connectivity index (χ1v) is 27.5. The lowest BCUT2D eigenvalue weighted by molar-refractivity contribution is 0.323. The van der Waals surface area contributed by atoms with Crippen molar-refractivity contribution < 1.29 is 4.74 Å². The van der Waals surface area contributed by atoms with Gasteiger partial charge in [0.25, 0.3) is 0 Å². The van der Waals surface area contributed by atoms with Crippen LogP contribution in [-0.2, 0) is 0 Å². The minimum absolute atomic E-state index is 0.278. The molecule has 0 bridgehead atoms. The third-order valence-electron chi connectivity index (χ3n) is 12.0. The first-order valence-electron chi connectivity index (χ1n) is 24.9. The second-order valence-electron chi connectivity index (χ2n) is 19.7. The van der Waals surface area contributed by atoms with E-state index < -0.39 is 0 Å². The van der Waals surface area contributed by atoms with Crippen molar-refractivity contribution in [2.45, 2.75) is 132 Å². The summed E-state index contributed by atoms with van der Waals surface area (Å²) in [5.41, 5.74) is 24.2.